The number of rotatable bonds is 3. The van der Waals surface area contributed by atoms with Crippen LogP contribution >= 0.6 is 0 Å². The number of carbonyl (C=O) groups is 2. The van der Waals surface area contributed by atoms with Crippen molar-refractivity contribution in [2.45, 2.75) is 56.5 Å². The maximum Gasteiger partial charge on any atom is 0.321 e. The smallest absolute Gasteiger partial charge is 0.321 e. The molecule has 2 heterocycles. The maximum absolute atomic E-state index is 13.6. The summed E-state index contributed by atoms with van der Waals surface area (Å²) in [5, 5.41) is 0. The van der Waals surface area contributed by atoms with E-state index >= 15 is 0 Å². The van der Waals surface area contributed by atoms with E-state index in [1.54, 1.807) is 0 Å². The van der Waals surface area contributed by atoms with Gasteiger partial charge >= 0.3 is 6.03 Å². The van der Waals surface area contributed by atoms with Crippen molar-refractivity contribution >= 4 is 11.9 Å². The summed E-state index contributed by atoms with van der Waals surface area (Å²) >= 11 is 0. The zero-order chi connectivity index (χ0) is 20.0. The van der Waals surface area contributed by atoms with Crippen LogP contribution in [0.1, 0.15) is 50.5 Å². The zero-order valence-electron chi connectivity index (χ0n) is 16.6. The summed E-state index contributed by atoms with van der Waals surface area (Å²) in [5.74, 6) is 0.964. The Labute approximate surface area is 170 Å². The second kappa shape index (κ2) is 5.73. The average Bonchev–Trinajstić information content (AvgIpc) is 3.21. The molecule has 0 radical (unpaired) electrons. The van der Waals surface area contributed by atoms with Gasteiger partial charge < -0.3 is 15.5 Å². The van der Waals surface area contributed by atoms with Gasteiger partial charge in [0.05, 0.1) is 12.1 Å². The molecule has 2 aliphatic heterocycles. The molecular formula is C23H28FN3O2. The van der Waals surface area contributed by atoms with Crippen molar-refractivity contribution in [3.8, 4) is 0 Å². The molecule has 0 aromatic heterocycles. The lowest BCUT2D eigenvalue weighted by Gasteiger charge is -2.60. The minimum absolute atomic E-state index is 0.133. The highest BCUT2D eigenvalue weighted by atomic mass is 19.1. The molecular weight excluding hydrogens is 369 g/mol. The third-order valence-corrected chi connectivity index (χ3v) is 8.88. The largest absolute Gasteiger partial charge is 0.369 e. The Hall–Kier alpha value is -2.11. The van der Waals surface area contributed by atoms with Crippen molar-refractivity contribution in [1.29, 1.82) is 0 Å². The first kappa shape index (κ1) is 17.7. The zero-order valence-corrected chi connectivity index (χ0v) is 16.6. The monoisotopic (exact) mass is 397 g/mol. The van der Waals surface area contributed by atoms with E-state index in [1.165, 1.54) is 12.1 Å². The molecule has 2 N–H and O–H groups in total. The Balaban J connectivity index is 1.34. The van der Waals surface area contributed by atoms with Crippen LogP contribution in [0, 0.1) is 29.0 Å². The van der Waals surface area contributed by atoms with Crippen molar-refractivity contribution in [1.82, 2.24) is 9.80 Å². The third kappa shape index (κ3) is 2.26. The van der Waals surface area contributed by atoms with E-state index in [4.69, 9.17) is 5.73 Å². The Kier molecular flexibility index (Phi) is 3.50. The van der Waals surface area contributed by atoms with Crippen LogP contribution in [0.4, 0.5) is 9.18 Å². The van der Waals surface area contributed by atoms with Gasteiger partial charge in [0.15, 0.2) is 0 Å². The molecule has 154 valence electrons. The van der Waals surface area contributed by atoms with Gasteiger partial charge in [-0.1, -0.05) is 12.1 Å². The van der Waals surface area contributed by atoms with Crippen LogP contribution < -0.4 is 5.73 Å². The highest BCUT2D eigenvalue weighted by Gasteiger charge is 2.63. The van der Waals surface area contributed by atoms with Crippen LogP contribution in [0.5, 0.6) is 0 Å². The van der Waals surface area contributed by atoms with E-state index in [9.17, 15) is 14.0 Å². The van der Waals surface area contributed by atoms with Gasteiger partial charge in [-0.25, -0.2) is 9.18 Å². The highest BCUT2D eigenvalue weighted by molar-refractivity contribution is 5.82. The predicted octanol–water partition coefficient (Wildman–Crippen LogP) is 3.23. The van der Waals surface area contributed by atoms with Gasteiger partial charge in [0.1, 0.15) is 5.82 Å². The molecule has 29 heavy (non-hydrogen) atoms. The molecule has 1 aromatic carbocycles. The number of fused-ring (bicyclic) bond motifs is 1. The van der Waals surface area contributed by atoms with Gasteiger partial charge in [-0.3, -0.25) is 4.79 Å². The second-order valence-electron chi connectivity index (χ2n) is 10.3. The van der Waals surface area contributed by atoms with Gasteiger partial charge in [0.25, 0.3) is 0 Å². The van der Waals surface area contributed by atoms with Crippen LogP contribution in [0.3, 0.4) is 0 Å². The number of hydrogen-bond acceptors (Lipinski definition) is 2. The fraction of sp³-hybridized carbons (Fsp3) is 0.652. The summed E-state index contributed by atoms with van der Waals surface area (Å²) in [6, 6.07) is 7.07. The lowest BCUT2D eigenvalue weighted by molar-refractivity contribution is -0.150. The van der Waals surface area contributed by atoms with Crippen LogP contribution in [0.15, 0.2) is 24.3 Å². The number of primary amides is 1. The molecule has 5 nitrogen and oxygen atoms in total. The topological polar surface area (TPSA) is 66.6 Å². The molecule has 4 aliphatic carbocycles. The van der Waals surface area contributed by atoms with E-state index in [0.29, 0.717) is 24.3 Å². The van der Waals surface area contributed by atoms with E-state index in [2.05, 4.69) is 4.90 Å². The minimum Gasteiger partial charge on any atom is -0.369 e. The molecule has 1 aromatic rings. The Morgan fingerprint density at radius 1 is 1.10 bits per heavy atom. The first-order valence-electron chi connectivity index (χ1n) is 11.1. The molecule has 6 aliphatic rings. The number of nitrogens with two attached hydrogens (primary N) is 1. The van der Waals surface area contributed by atoms with Crippen molar-refractivity contribution in [3.63, 3.8) is 0 Å². The Morgan fingerprint density at radius 3 is 2.45 bits per heavy atom. The van der Waals surface area contributed by atoms with Gasteiger partial charge in [-0.2, -0.15) is 0 Å². The summed E-state index contributed by atoms with van der Waals surface area (Å²) in [4.78, 5) is 30.0. The number of carbonyl (C=O) groups excluding carboxylic acids is 2. The standard InChI is InChI=1S/C23H28FN3O2/c24-18-4-2-17(3-5-18)23-6-1-7-27(23)21(29)26(13-23)19-15-8-14-9-16(19)12-22(10-14,11-15)20(25)28/h2-5,14-16,19H,1,6-13H2,(H2,25,28). The lowest BCUT2D eigenvalue weighted by Crippen LogP contribution is -2.62. The van der Waals surface area contributed by atoms with Crippen LogP contribution in [-0.4, -0.2) is 40.9 Å². The minimum atomic E-state index is -0.333. The molecule has 7 rings (SSSR count). The van der Waals surface area contributed by atoms with Gasteiger partial charge in [0, 0.05) is 18.0 Å². The van der Waals surface area contributed by atoms with E-state index in [-0.39, 0.29) is 34.8 Å². The van der Waals surface area contributed by atoms with Gasteiger partial charge in [0.2, 0.25) is 5.91 Å². The number of hydrogen-bond donors (Lipinski definition) is 1. The number of nitrogens with zero attached hydrogens (tertiary/aromatic N) is 2. The van der Waals surface area contributed by atoms with Crippen LogP contribution in [0.25, 0.3) is 0 Å². The quantitative estimate of drug-likeness (QED) is 0.851. The van der Waals surface area contributed by atoms with Gasteiger partial charge in [-0.05, 0) is 80.4 Å². The molecule has 4 saturated carbocycles. The summed E-state index contributed by atoms with van der Waals surface area (Å²) in [7, 11) is 0. The fourth-order valence-corrected chi connectivity index (χ4v) is 8.02. The van der Waals surface area contributed by atoms with E-state index < -0.39 is 0 Å². The SMILES string of the molecule is NC(=O)C12CC3CC(C1)C(N1CC4(c5ccc(F)cc5)CCCN4C1=O)C(C3)C2. The number of amides is 3. The second-order valence-corrected chi connectivity index (χ2v) is 10.3. The molecule has 3 amide bonds. The lowest BCUT2D eigenvalue weighted by atomic mass is 9.47. The number of urea groups is 1. The first-order valence-corrected chi connectivity index (χ1v) is 11.1. The summed E-state index contributed by atoms with van der Waals surface area (Å²) in [6.45, 7) is 1.45. The number of benzene rings is 1. The highest BCUT2D eigenvalue weighted by Crippen LogP contribution is 2.62. The van der Waals surface area contributed by atoms with Crippen LogP contribution in [0.2, 0.25) is 0 Å². The van der Waals surface area contributed by atoms with E-state index in [1.807, 2.05) is 17.0 Å². The summed E-state index contributed by atoms with van der Waals surface area (Å²) in [5.41, 5.74) is 6.22. The molecule has 3 atom stereocenters. The normalized spacial score (nSPS) is 42.6. The fourth-order valence-electron chi connectivity index (χ4n) is 8.02. The molecule has 2 saturated heterocycles. The first-order chi connectivity index (χ1) is 13.9. The summed E-state index contributed by atoms with van der Waals surface area (Å²) in [6.07, 6.45) is 6.77. The summed E-state index contributed by atoms with van der Waals surface area (Å²) < 4.78 is 13.5. The molecule has 6 fully saturated rings. The average molecular weight is 397 g/mol. The predicted molar refractivity (Wildman–Crippen MR) is 105 cm³/mol. The molecule has 6 heteroatoms. The van der Waals surface area contributed by atoms with E-state index in [0.717, 1.165) is 57.1 Å². The number of halogens is 1. The van der Waals surface area contributed by atoms with Crippen LogP contribution in [-0.2, 0) is 10.3 Å². The van der Waals surface area contributed by atoms with Crippen molar-refractivity contribution in [2.24, 2.45) is 28.9 Å². The maximum atomic E-state index is 13.6. The molecule has 3 unspecified atom stereocenters. The third-order valence-electron chi connectivity index (χ3n) is 8.88. The molecule has 4 bridgehead atoms. The van der Waals surface area contributed by atoms with Crippen molar-refractivity contribution < 1.29 is 14.0 Å². The van der Waals surface area contributed by atoms with Gasteiger partial charge in [-0.15, -0.1) is 0 Å². The molecule has 0 spiro atoms. The Bertz CT molecular complexity index is 871. The van der Waals surface area contributed by atoms with Crippen molar-refractivity contribution in [2.75, 3.05) is 13.1 Å². The van der Waals surface area contributed by atoms with Crippen molar-refractivity contribution in [3.05, 3.63) is 35.6 Å². The Morgan fingerprint density at radius 2 is 1.79 bits per heavy atom.